The van der Waals surface area contributed by atoms with Gasteiger partial charge in [-0.05, 0) is 68.1 Å². The van der Waals surface area contributed by atoms with E-state index in [1.807, 2.05) is 6.07 Å². The molecule has 49 heavy (non-hydrogen) atoms. The van der Waals surface area contributed by atoms with Crippen LogP contribution in [0.1, 0.15) is 76.3 Å². The molecule has 10 nitrogen and oxygen atoms in total. The van der Waals surface area contributed by atoms with Gasteiger partial charge < -0.3 is 24.2 Å². The minimum absolute atomic E-state index is 0. The molecule has 0 unspecified atom stereocenters. The van der Waals surface area contributed by atoms with E-state index in [1.54, 1.807) is 54.6 Å². The van der Waals surface area contributed by atoms with Gasteiger partial charge in [0, 0.05) is 11.1 Å². The Kier molecular flexibility index (Phi) is 17.9. The monoisotopic (exact) mass is 738 g/mol. The molecule has 0 aromatic heterocycles. The van der Waals surface area contributed by atoms with Crippen molar-refractivity contribution in [3.63, 3.8) is 0 Å². The number of hydrogen-bond donors (Lipinski definition) is 2. The molecule has 4 aromatic carbocycles. The van der Waals surface area contributed by atoms with Gasteiger partial charge in [-0.2, -0.15) is 8.42 Å². The predicted octanol–water partition coefficient (Wildman–Crippen LogP) is 7.75. The van der Waals surface area contributed by atoms with Gasteiger partial charge in [0.1, 0.15) is 32.3 Å². The first-order valence-corrected chi connectivity index (χ1v) is 18.8. The minimum atomic E-state index is -4.68. The zero-order valence-electron chi connectivity index (χ0n) is 27.8. The molecular formula is C36H42CaO10S2. The first-order chi connectivity index (χ1) is 22.9. The summed E-state index contributed by atoms with van der Waals surface area (Å²) in [5.74, 6) is 0.316. The molecule has 13 heteroatoms. The second-order valence-electron chi connectivity index (χ2n) is 11.1. The van der Waals surface area contributed by atoms with Crippen molar-refractivity contribution < 1.29 is 45.6 Å². The van der Waals surface area contributed by atoms with Gasteiger partial charge in [0.25, 0.3) is 10.1 Å². The summed E-state index contributed by atoms with van der Waals surface area (Å²) in [4.78, 5) is -0.591. The van der Waals surface area contributed by atoms with Gasteiger partial charge in [0.05, 0.1) is 4.90 Å². The van der Waals surface area contributed by atoms with Crippen molar-refractivity contribution in [2.24, 2.45) is 0 Å². The second-order valence-corrected chi connectivity index (χ2v) is 13.9. The van der Waals surface area contributed by atoms with E-state index in [0.29, 0.717) is 36.3 Å². The summed E-state index contributed by atoms with van der Waals surface area (Å²) in [5, 5.41) is 22.3. The van der Waals surface area contributed by atoms with Crippen molar-refractivity contribution in [2.75, 3.05) is 0 Å². The van der Waals surface area contributed by atoms with Gasteiger partial charge in [-0.1, -0.05) is 101 Å². The standard InChI is InChI=1S/2C18H22O5S.Ca/c2*1-2-3-4-8-11-15-17(24(20,21)22)13-12-16(19)18(15)23-14-9-6-5-7-10-14;/h2*5-7,9-10,12-13,19H,2-4,8,11H2,1H3,(H,20,21,22);/q;;+2/p-2. The first kappa shape index (κ1) is 42.3. The molecule has 0 fully saturated rings. The maximum absolute atomic E-state index is 12.2. The molecule has 0 bridgehead atoms. The molecule has 0 heterocycles. The Morgan fingerprint density at radius 1 is 0.612 bits per heavy atom. The van der Waals surface area contributed by atoms with Crippen LogP contribution < -0.4 is 14.6 Å². The van der Waals surface area contributed by atoms with Crippen LogP contribution in [0.25, 0.3) is 0 Å². The molecule has 4 rings (SSSR count). The molecule has 260 valence electrons. The van der Waals surface area contributed by atoms with E-state index in [2.05, 4.69) is 13.8 Å². The van der Waals surface area contributed by atoms with Crippen LogP contribution >= 0.6 is 0 Å². The van der Waals surface area contributed by atoms with Crippen LogP contribution in [0.2, 0.25) is 0 Å². The van der Waals surface area contributed by atoms with Crippen LogP contribution in [0, 0.1) is 0 Å². The largest absolute Gasteiger partial charge is 2.00 e. The van der Waals surface area contributed by atoms with Crippen molar-refractivity contribution in [2.45, 2.75) is 87.8 Å². The Bertz CT molecular complexity index is 1680. The SMILES string of the molecule is CCCCCCc1c(S(=O)(=O)O)ccc(O)c1Oc1ccccc1.CCCCCCc1c(S(=O)(=O)[O-])ccc([O-])c1Oc1ccccc1.[Ca+2]. The van der Waals surface area contributed by atoms with E-state index in [0.717, 1.165) is 57.1 Å². The van der Waals surface area contributed by atoms with E-state index in [4.69, 9.17) is 9.47 Å². The fourth-order valence-corrected chi connectivity index (χ4v) is 6.51. The normalized spacial score (nSPS) is 11.2. The fraction of sp³-hybridized carbons (Fsp3) is 0.333. The molecule has 2 N–H and O–H groups in total. The number of phenols is 1. The molecule has 0 aliphatic carbocycles. The van der Waals surface area contributed by atoms with Crippen LogP contribution in [0.5, 0.6) is 34.5 Å². The van der Waals surface area contributed by atoms with Crippen molar-refractivity contribution in [3.05, 3.63) is 96.1 Å². The van der Waals surface area contributed by atoms with Crippen molar-refractivity contribution in [3.8, 4) is 34.5 Å². The molecule has 0 saturated carbocycles. The van der Waals surface area contributed by atoms with Crippen LogP contribution in [-0.4, -0.2) is 68.8 Å². The number of phenolic OH excluding ortho intramolecular Hbond substituents is 1. The topological polar surface area (TPSA) is 173 Å². The molecule has 0 aliphatic rings. The Morgan fingerprint density at radius 3 is 1.51 bits per heavy atom. The summed E-state index contributed by atoms with van der Waals surface area (Å²) in [6.45, 7) is 4.15. The number of hydrogen-bond acceptors (Lipinski definition) is 9. The van der Waals surface area contributed by atoms with Gasteiger partial charge in [-0.25, -0.2) is 8.42 Å². The average molecular weight is 739 g/mol. The predicted molar refractivity (Wildman–Crippen MR) is 186 cm³/mol. The zero-order chi connectivity index (χ0) is 35.2. The average Bonchev–Trinajstić information content (AvgIpc) is 3.04. The van der Waals surface area contributed by atoms with Gasteiger partial charge in [-0.3, -0.25) is 4.55 Å². The summed E-state index contributed by atoms with van der Waals surface area (Å²) < 4.78 is 78.8. The second kappa shape index (κ2) is 20.7. The van der Waals surface area contributed by atoms with Gasteiger partial charge in [-0.15, -0.1) is 0 Å². The van der Waals surface area contributed by atoms with Gasteiger partial charge in [0.15, 0.2) is 11.5 Å². The van der Waals surface area contributed by atoms with E-state index >= 15 is 0 Å². The minimum Gasteiger partial charge on any atom is -0.870 e. The van der Waals surface area contributed by atoms with Crippen LogP contribution in [-0.2, 0) is 33.1 Å². The number of benzene rings is 4. The first-order valence-electron chi connectivity index (χ1n) is 15.9. The van der Waals surface area contributed by atoms with E-state index < -0.39 is 26.0 Å². The van der Waals surface area contributed by atoms with Gasteiger partial charge >= 0.3 is 37.7 Å². The quantitative estimate of drug-likeness (QED) is 0.0657. The zero-order valence-corrected chi connectivity index (χ0v) is 31.7. The number of aromatic hydroxyl groups is 1. The Morgan fingerprint density at radius 2 is 1.06 bits per heavy atom. The Balaban J connectivity index is 0.000000333. The van der Waals surface area contributed by atoms with Gasteiger partial charge in [0.2, 0.25) is 0 Å². The van der Waals surface area contributed by atoms with Crippen molar-refractivity contribution in [1.82, 2.24) is 0 Å². The van der Waals surface area contributed by atoms with Crippen LogP contribution in [0.3, 0.4) is 0 Å². The molecule has 4 aromatic rings. The maximum Gasteiger partial charge on any atom is 2.00 e. The summed E-state index contributed by atoms with van der Waals surface area (Å²) in [7, 11) is -9.08. The molecule has 0 amide bonds. The van der Waals surface area contributed by atoms with Crippen LogP contribution in [0.15, 0.2) is 94.7 Å². The number of unbranched alkanes of at least 4 members (excludes halogenated alkanes) is 6. The summed E-state index contributed by atoms with van der Waals surface area (Å²) in [5.41, 5.74) is 0.481. The molecule has 0 saturated heterocycles. The molecule has 0 spiro atoms. The summed E-state index contributed by atoms with van der Waals surface area (Å²) in [6, 6.07) is 22.0. The third-order valence-corrected chi connectivity index (χ3v) is 9.27. The molecule has 0 atom stereocenters. The van der Waals surface area contributed by atoms with E-state index in [9.17, 15) is 36.2 Å². The Labute approximate surface area is 319 Å². The van der Waals surface area contributed by atoms with Crippen molar-refractivity contribution in [1.29, 1.82) is 0 Å². The summed E-state index contributed by atoms with van der Waals surface area (Å²) >= 11 is 0. The fourth-order valence-electron chi connectivity index (χ4n) is 5.03. The molecular weight excluding hydrogens is 697 g/mol. The van der Waals surface area contributed by atoms with E-state index in [1.165, 1.54) is 12.1 Å². The summed E-state index contributed by atoms with van der Waals surface area (Å²) in [6.07, 6.45) is 8.09. The third-order valence-electron chi connectivity index (χ3n) is 7.41. The smallest absolute Gasteiger partial charge is 0.870 e. The number of ether oxygens (including phenoxy) is 2. The molecule has 0 aliphatic heterocycles. The van der Waals surface area contributed by atoms with Crippen LogP contribution in [0.4, 0.5) is 0 Å². The number of para-hydroxylation sites is 2. The Hall–Kier alpha value is -2.84. The van der Waals surface area contributed by atoms with E-state index in [-0.39, 0.29) is 70.3 Å². The molecule has 0 radical (unpaired) electrons. The maximum atomic E-state index is 12.2. The number of rotatable bonds is 16. The van der Waals surface area contributed by atoms with Crippen molar-refractivity contribution >= 4 is 58.0 Å². The third kappa shape index (κ3) is 13.4.